The van der Waals surface area contributed by atoms with Crippen molar-refractivity contribution in [3.8, 4) is 0 Å². The van der Waals surface area contributed by atoms with Crippen LogP contribution in [-0.2, 0) is 4.79 Å². The van der Waals surface area contributed by atoms with Gasteiger partial charge in [0.05, 0.1) is 6.54 Å². The normalized spacial score (nSPS) is 22.6. The average Bonchev–Trinajstić information content (AvgIpc) is 2.15. The van der Waals surface area contributed by atoms with Crippen LogP contribution in [0.3, 0.4) is 0 Å². The van der Waals surface area contributed by atoms with Gasteiger partial charge in [-0.25, -0.2) is 0 Å². The zero-order valence-electron chi connectivity index (χ0n) is 8.83. The van der Waals surface area contributed by atoms with E-state index < -0.39 is 5.97 Å². The Morgan fingerprint density at radius 2 is 2.36 bits per heavy atom. The lowest BCUT2D eigenvalue weighted by molar-refractivity contribution is -0.138. The Kier molecular flexibility index (Phi) is 4.90. The fraction of sp³-hybridized carbons (Fsp3) is 0.900. The third-order valence-corrected chi connectivity index (χ3v) is 2.68. The lowest BCUT2D eigenvalue weighted by atomic mass is 10.0. The Hall–Kier alpha value is -0.610. The minimum absolute atomic E-state index is 0.146. The van der Waals surface area contributed by atoms with E-state index in [1.807, 2.05) is 11.9 Å². The van der Waals surface area contributed by atoms with Gasteiger partial charge >= 0.3 is 5.97 Å². The summed E-state index contributed by atoms with van der Waals surface area (Å²) in [5, 5.41) is 12.0. The Morgan fingerprint density at radius 1 is 1.57 bits per heavy atom. The summed E-state index contributed by atoms with van der Waals surface area (Å²) < 4.78 is 0. The number of nitrogens with one attached hydrogen (secondary N) is 1. The van der Waals surface area contributed by atoms with E-state index in [4.69, 9.17) is 5.11 Å². The van der Waals surface area contributed by atoms with Crippen LogP contribution in [0.5, 0.6) is 0 Å². The van der Waals surface area contributed by atoms with Gasteiger partial charge in [-0.2, -0.15) is 0 Å². The molecule has 4 nitrogen and oxygen atoms in total. The van der Waals surface area contributed by atoms with Gasteiger partial charge in [0.1, 0.15) is 0 Å². The average molecular weight is 200 g/mol. The van der Waals surface area contributed by atoms with Gasteiger partial charge in [0.15, 0.2) is 0 Å². The number of rotatable bonds is 5. The Balaban J connectivity index is 2.09. The van der Waals surface area contributed by atoms with Crippen molar-refractivity contribution in [2.45, 2.75) is 31.7 Å². The molecule has 82 valence electrons. The maximum atomic E-state index is 10.4. The minimum atomic E-state index is -0.746. The summed E-state index contributed by atoms with van der Waals surface area (Å²) in [7, 11) is 1.86. The molecule has 1 heterocycles. The maximum Gasteiger partial charge on any atom is 0.317 e. The first-order valence-electron chi connectivity index (χ1n) is 5.32. The molecule has 0 spiro atoms. The molecule has 1 atom stereocenters. The van der Waals surface area contributed by atoms with E-state index >= 15 is 0 Å². The van der Waals surface area contributed by atoms with E-state index in [0.717, 1.165) is 19.5 Å². The van der Waals surface area contributed by atoms with E-state index in [0.29, 0.717) is 6.04 Å². The molecule has 0 bridgehead atoms. The van der Waals surface area contributed by atoms with Crippen molar-refractivity contribution in [2.75, 3.05) is 26.7 Å². The molecular formula is C10H20N2O2. The Morgan fingerprint density at radius 3 is 2.93 bits per heavy atom. The quantitative estimate of drug-likeness (QED) is 0.680. The molecular weight excluding hydrogens is 180 g/mol. The molecule has 0 aromatic carbocycles. The first kappa shape index (κ1) is 11.5. The fourth-order valence-electron chi connectivity index (χ4n) is 1.86. The van der Waals surface area contributed by atoms with Crippen molar-refractivity contribution in [2.24, 2.45) is 0 Å². The van der Waals surface area contributed by atoms with Gasteiger partial charge in [0.25, 0.3) is 0 Å². The molecule has 0 amide bonds. The Labute approximate surface area is 85.3 Å². The van der Waals surface area contributed by atoms with Gasteiger partial charge in [-0.3, -0.25) is 9.69 Å². The maximum absolute atomic E-state index is 10.4. The van der Waals surface area contributed by atoms with E-state index in [-0.39, 0.29) is 6.54 Å². The highest BCUT2D eigenvalue weighted by Gasteiger charge is 2.13. The molecule has 1 rings (SSSR count). The molecule has 1 saturated heterocycles. The monoisotopic (exact) mass is 200 g/mol. The number of carboxylic acid groups (broad SMARTS) is 1. The number of nitrogens with zero attached hydrogens (tertiary/aromatic N) is 1. The van der Waals surface area contributed by atoms with Crippen LogP contribution < -0.4 is 5.32 Å². The van der Waals surface area contributed by atoms with Gasteiger partial charge in [0.2, 0.25) is 0 Å². The number of hydrogen-bond donors (Lipinski definition) is 2. The second-order valence-electron chi connectivity index (χ2n) is 4.07. The third-order valence-electron chi connectivity index (χ3n) is 2.68. The van der Waals surface area contributed by atoms with Crippen LogP contribution in [0, 0.1) is 0 Å². The molecule has 14 heavy (non-hydrogen) atoms. The number of carboxylic acids is 1. The number of hydrogen-bond acceptors (Lipinski definition) is 3. The number of carbonyl (C=O) groups is 1. The van der Waals surface area contributed by atoms with Gasteiger partial charge in [0, 0.05) is 6.04 Å². The summed E-state index contributed by atoms with van der Waals surface area (Å²) in [6.45, 7) is 2.13. The van der Waals surface area contributed by atoms with Crippen LogP contribution in [0.15, 0.2) is 0 Å². The number of piperidine rings is 1. The highest BCUT2D eigenvalue weighted by molar-refractivity contribution is 5.68. The first-order valence-corrected chi connectivity index (χ1v) is 5.32. The van der Waals surface area contributed by atoms with E-state index in [9.17, 15) is 4.79 Å². The first-order chi connectivity index (χ1) is 6.68. The smallest absolute Gasteiger partial charge is 0.317 e. The molecule has 1 aliphatic heterocycles. The van der Waals surface area contributed by atoms with Crippen molar-refractivity contribution in [3.05, 3.63) is 0 Å². The van der Waals surface area contributed by atoms with Crippen molar-refractivity contribution >= 4 is 5.97 Å². The summed E-state index contributed by atoms with van der Waals surface area (Å²) in [4.78, 5) is 12.3. The zero-order chi connectivity index (χ0) is 10.4. The summed E-state index contributed by atoms with van der Waals surface area (Å²) in [6.07, 6.45) is 4.88. The Bertz CT molecular complexity index is 179. The lowest BCUT2D eigenvalue weighted by Gasteiger charge is -2.25. The molecule has 1 fully saturated rings. The minimum Gasteiger partial charge on any atom is -0.480 e. The third kappa shape index (κ3) is 4.58. The summed E-state index contributed by atoms with van der Waals surface area (Å²) in [5.74, 6) is -0.746. The highest BCUT2D eigenvalue weighted by atomic mass is 16.4. The molecule has 0 aliphatic carbocycles. The van der Waals surface area contributed by atoms with Crippen LogP contribution in [0.1, 0.15) is 25.7 Å². The molecule has 0 radical (unpaired) electrons. The van der Waals surface area contributed by atoms with Gasteiger partial charge < -0.3 is 10.4 Å². The molecule has 4 heteroatoms. The van der Waals surface area contributed by atoms with Crippen molar-refractivity contribution < 1.29 is 9.90 Å². The van der Waals surface area contributed by atoms with Gasteiger partial charge in [-0.05, 0) is 39.4 Å². The largest absolute Gasteiger partial charge is 0.480 e. The predicted octanol–water partition coefficient (Wildman–Crippen LogP) is 0.535. The highest BCUT2D eigenvalue weighted by Crippen LogP contribution is 2.10. The predicted molar refractivity (Wildman–Crippen MR) is 55.4 cm³/mol. The van der Waals surface area contributed by atoms with Gasteiger partial charge in [-0.1, -0.05) is 6.42 Å². The summed E-state index contributed by atoms with van der Waals surface area (Å²) >= 11 is 0. The van der Waals surface area contributed by atoms with Crippen LogP contribution in [0.25, 0.3) is 0 Å². The zero-order valence-corrected chi connectivity index (χ0v) is 8.83. The van der Waals surface area contributed by atoms with E-state index in [1.165, 1.54) is 19.3 Å². The molecule has 0 saturated carbocycles. The molecule has 0 aromatic heterocycles. The van der Waals surface area contributed by atoms with Crippen LogP contribution in [0.4, 0.5) is 0 Å². The van der Waals surface area contributed by atoms with Crippen molar-refractivity contribution in [1.82, 2.24) is 10.2 Å². The van der Waals surface area contributed by atoms with Crippen molar-refractivity contribution in [1.29, 1.82) is 0 Å². The molecule has 0 aromatic rings. The van der Waals surface area contributed by atoms with Crippen molar-refractivity contribution in [3.63, 3.8) is 0 Å². The second-order valence-corrected chi connectivity index (χ2v) is 4.07. The number of aliphatic carboxylic acids is 1. The summed E-state index contributed by atoms with van der Waals surface area (Å²) in [5.41, 5.74) is 0. The van der Waals surface area contributed by atoms with E-state index in [1.54, 1.807) is 0 Å². The van der Waals surface area contributed by atoms with Gasteiger partial charge in [-0.15, -0.1) is 0 Å². The topological polar surface area (TPSA) is 52.6 Å². The van der Waals surface area contributed by atoms with Crippen LogP contribution in [-0.4, -0.2) is 48.7 Å². The summed E-state index contributed by atoms with van der Waals surface area (Å²) in [6, 6.07) is 0.597. The van der Waals surface area contributed by atoms with Crippen LogP contribution in [0.2, 0.25) is 0 Å². The van der Waals surface area contributed by atoms with Crippen LogP contribution >= 0.6 is 0 Å². The second kappa shape index (κ2) is 5.98. The molecule has 1 aliphatic rings. The molecule has 2 N–H and O–H groups in total. The SMILES string of the molecule is CN(CCC1CCCCN1)CC(=O)O. The molecule has 1 unspecified atom stereocenters. The fourth-order valence-corrected chi connectivity index (χ4v) is 1.86. The number of likely N-dealkylation sites (N-methyl/N-ethyl adjacent to an activating group) is 1. The standard InChI is InChI=1S/C10H20N2O2/c1-12(8-10(13)14)7-5-9-4-2-3-6-11-9/h9,11H,2-8H2,1H3,(H,13,14). The van der Waals surface area contributed by atoms with E-state index in [2.05, 4.69) is 5.32 Å². The lowest BCUT2D eigenvalue weighted by Crippen LogP contribution is -2.37.